The first-order valence-electron chi connectivity index (χ1n) is 19.4. The summed E-state index contributed by atoms with van der Waals surface area (Å²) in [6.07, 6.45) is -4.84. The van der Waals surface area contributed by atoms with Gasteiger partial charge in [-0.1, -0.05) is 48.9 Å². The van der Waals surface area contributed by atoms with Gasteiger partial charge in [0, 0.05) is 30.0 Å². The number of amides is 1. The van der Waals surface area contributed by atoms with Gasteiger partial charge in [-0.25, -0.2) is 14.2 Å². The standard InChI is InChI=1S/C46H46F4N2O9/c1-56-35-16-12-31(13-17-35)28-59-23-24-60-40-20-15-32(27-42(40)58-3)39(53)26-34(11-7-8-22-51-45(55)61-29-30-9-5-4-6-10-30)44(54)38-19-21-41(57-2)43(52-38)33-14-18-37(47)36(25-33)46(48,49)50/h4-6,9-10,12-21,25,27,34H,7-8,11,22-24,26,28-29H2,1-3H3,(H,51,55). The molecule has 5 rings (SSSR count). The van der Waals surface area contributed by atoms with Crippen molar-refractivity contribution in [2.45, 2.75) is 45.1 Å². The molecule has 0 radical (unpaired) electrons. The molecule has 1 aromatic heterocycles. The van der Waals surface area contributed by atoms with E-state index in [-0.39, 0.29) is 73.2 Å². The molecule has 5 aromatic rings. The Labute approximate surface area is 350 Å². The summed E-state index contributed by atoms with van der Waals surface area (Å²) in [5.41, 5.74) is 0.149. The lowest BCUT2D eigenvalue weighted by atomic mass is 9.88. The molecule has 0 saturated carbocycles. The molecule has 4 aromatic carbocycles. The maximum atomic E-state index is 14.2. The van der Waals surface area contributed by atoms with Crippen molar-refractivity contribution < 1.29 is 60.4 Å². The van der Waals surface area contributed by atoms with Crippen LogP contribution in [0.5, 0.6) is 23.0 Å². The zero-order valence-electron chi connectivity index (χ0n) is 33.9. The van der Waals surface area contributed by atoms with Gasteiger partial charge in [0.25, 0.3) is 0 Å². The third kappa shape index (κ3) is 13.3. The average molecular weight is 847 g/mol. The van der Waals surface area contributed by atoms with Gasteiger partial charge in [0.05, 0.1) is 40.1 Å². The van der Waals surface area contributed by atoms with Gasteiger partial charge in [-0.15, -0.1) is 0 Å². The Morgan fingerprint density at radius 3 is 2.16 bits per heavy atom. The number of pyridine rings is 1. The summed E-state index contributed by atoms with van der Waals surface area (Å²) in [5.74, 6) is -1.89. The largest absolute Gasteiger partial charge is 0.497 e. The minimum Gasteiger partial charge on any atom is -0.497 e. The molecule has 1 amide bonds. The van der Waals surface area contributed by atoms with Crippen LogP contribution in [-0.2, 0) is 28.9 Å². The number of alkyl halides is 3. The molecular formula is C46H46F4N2O9. The summed E-state index contributed by atoms with van der Waals surface area (Å²) >= 11 is 0. The molecule has 0 aliphatic rings. The molecule has 0 aliphatic carbocycles. The van der Waals surface area contributed by atoms with Crippen LogP contribution in [0.4, 0.5) is 22.4 Å². The van der Waals surface area contributed by atoms with E-state index in [0.717, 1.165) is 22.9 Å². The average Bonchev–Trinajstić information content (AvgIpc) is 3.27. The number of carbonyl (C=O) groups is 3. The molecule has 0 saturated heterocycles. The van der Waals surface area contributed by atoms with E-state index in [2.05, 4.69) is 10.3 Å². The molecule has 0 fully saturated rings. The normalized spacial score (nSPS) is 11.7. The number of hydrogen-bond donors (Lipinski definition) is 1. The second-order valence-corrected chi connectivity index (χ2v) is 13.7. The number of halogens is 4. The van der Waals surface area contributed by atoms with Crippen LogP contribution in [0.15, 0.2) is 103 Å². The van der Waals surface area contributed by atoms with E-state index in [1.54, 1.807) is 19.2 Å². The van der Waals surface area contributed by atoms with Crippen LogP contribution < -0.4 is 24.3 Å². The van der Waals surface area contributed by atoms with Crippen molar-refractivity contribution in [2.24, 2.45) is 5.92 Å². The molecule has 0 bridgehead atoms. The van der Waals surface area contributed by atoms with Gasteiger partial charge in [-0.2, -0.15) is 13.2 Å². The molecule has 322 valence electrons. The maximum absolute atomic E-state index is 14.2. The zero-order valence-corrected chi connectivity index (χ0v) is 33.9. The number of unbranched alkanes of at least 4 members (excludes halogenated alkanes) is 1. The summed E-state index contributed by atoms with van der Waals surface area (Å²) < 4.78 is 87.9. The maximum Gasteiger partial charge on any atom is 0.419 e. The van der Waals surface area contributed by atoms with Crippen molar-refractivity contribution in [3.63, 3.8) is 0 Å². The highest BCUT2D eigenvalue weighted by atomic mass is 19.4. The third-order valence-electron chi connectivity index (χ3n) is 9.54. The second kappa shape index (κ2) is 22.2. The lowest BCUT2D eigenvalue weighted by Gasteiger charge is -2.18. The number of nitrogens with one attached hydrogen (secondary N) is 1. The predicted molar refractivity (Wildman–Crippen MR) is 218 cm³/mol. The molecule has 1 N–H and O–H groups in total. The molecule has 11 nitrogen and oxygen atoms in total. The number of alkyl carbamates (subject to hydrolysis) is 1. The van der Waals surface area contributed by atoms with Crippen molar-refractivity contribution >= 4 is 17.7 Å². The summed E-state index contributed by atoms with van der Waals surface area (Å²) in [7, 11) is 4.31. The molecule has 1 unspecified atom stereocenters. The lowest BCUT2D eigenvalue weighted by molar-refractivity contribution is -0.139. The fraction of sp³-hybridized carbons (Fsp3) is 0.304. The van der Waals surface area contributed by atoms with Gasteiger partial charge in [0.2, 0.25) is 0 Å². The number of ketones is 2. The highest BCUT2D eigenvalue weighted by molar-refractivity contribution is 6.03. The monoisotopic (exact) mass is 846 g/mol. The Kier molecular flexibility index (Phi) is 16.6. The molecule has 0 aliphatic heterocycles. The van der Waals surface area contributed by atoms with E-state index in [9.17, 15) is 31.9 Å². The smallest absolute Gasteiger partial charge is 0.419 e. The van der Waals surface area contributed by atoms with E-state index in [0.29, 0.717) is 37.3 Å². The minimum absolute atomic E-state index is 0.0485. The molecule has 1 atom stereocenters. The van der Waals surface area contributed by atoms with Gasteiger partial charge >= 0.3 is 12.3 Å². The molecular weight excluding hydrogens is 801 g/mol. The van der Waals surface area contributed by atoms with Gasteiger partial charge in [-0.3, -0.25) is 9.59 Å². The van der Waals surface area contributed by atoms with Gasteiger partial charge in [0.1, 0.15) is 41.9 Å². The van der Waals surface area contributed by atoms with E-state index in [4.69, 9.17) is 28.4 Å². The fourth-order valence-corrected chi connectivity index (χ4v) is 6.28. The summed E-state index contributed by atoms with van der Waals surface area (Å²) in [6, 6.07) is 26.4. The van der Waals surface area contributed by atoms with Crippen molar-refractivity contribution in [1.82, 2.24) is 10.3 Å². The Bertz CT molecular complexity index is 2240. The Hall–Kier alpha value is -6.48. The highest BCUT2D eigenvalue weighted by Crippen LogP contribution is 2.37. The van der Waals surface area contributed by atoms with Crippen molar-refractivity contribution in [2.75, 3.05) is 41.1 Å². The Morgan fingerprint density at radius 2 is 1.46 bits per heavy atom. The van der Waals surface area contributed by atoms with Crippen LogP contribution in [0.2, 0.25) is 0 Å². The van der Waals surface area contributed by atoms with E-state index in [1.165, 1.54) is 32.4 Å². The number of carbonyl (C=O) groups excluding carboxylic acids is 3. The van der Waals surface area contributed by atoms with Crippen molar-refractivity contribution in [3.8, 4) is 34.3 Å². The lowest BCUT2D eigenvalue weighted by Crippen LogP contribution is -2.25. The molecule has 0 spiro atoms. The number of Topliss-reactive ketones (excluding diaryl/α,β-unsaturated/α-hetero) is 2. The number of ether oxygens (including phenoxy) is 6. The summed E-state index contributed by atoms with van der Waals surface area (Å²) in [6.45, 7) is 1.16. The van der Waals surface area contributed by atoms with Crippen LogP contribution in [0.25, 0.3) is 11.3 Å². The fourth-order valence-electron chi connectivity index (χ4n) is 6.28. The van der Waals surface area contributed by atoms with Crippen LogP contribution in [0, 0.1) is 11.7 Å². The highest BCUT2D eigenvalue weighted by Gasteiger charge is 2.35. The number of methoxy groups -OCH3 is 3. The predicted octanol–water partition coefficient (Wildman–Crippen LogP) is 9.70. The molecule has 1 heterocycles. The van der Waals surface area contributed by atoms with Gasteiger partial charge in [0.15, 0.2) is 23.1 Å². The molecule has 61 heavy (non-hydrogen) atoms. The SMILES string of the molecule is COc1ccc(COCCOc2ccc(C(=O)CC(CCCCNC(=O)OCc3ccccc3)C(=O)c3ccc(OC)c(-c4ccc(F)c(C(F)(F)F)c4)n3)cc2OC)cc1. The van der Waals surface area contributed by atoms with Crippen LogP contribution >= 0.6 is 0 Å². The second-order valence-electron chi connectivity index (χ2n) is 13.7. The molecule has 15 heteroatoms. The Morgan fingerprint density at radius 1 is 0.738 bits per heavy atom. The van der Waals surface area contributed by atoms with Crippen molar-refractivity contribution in [3.05, 3.63) is 137 Å². The van der Waals surface area contributed by atoms with E-state index in [1.807, 2.05) is 54.6 Å². The first-order valence-corrected chi connectivity index (χ1v) is 19.4. The first kappa shape index (κ1) is 45.6. The van der Waals surface area contributed by atoms with E-state index >= 15 is 0 Å². The van der Waals surface area contributed by atoms with Gasteiger partial charge in [-0.05, 0) is 84.6 Å². The number of aromatic nitrogens is 1. The summed E-state index contributed by atoms with van der Waals surface area (Å²) in [4.78, 5) is 44.7. The van der Waals surface area contributed by atoms with Crippen molar-refractivity contribution in [1.29, 1.82) is 0 Å². The van der Waals surface area contributed by atoms with Gasteiger partial charge < -0.3 is 33.7 Å². The summed E-state index contributed by atoms with van der Waals surface area (Å²) in [5, 5.41) is 2.68. The first-order chi connectivity index (χ1) is 29.4. The van der Waals surface area contributed by atoms with Crippen LogP contribution in [0.1, 0.15) is 63.2 Å². The number of benzene rings is 4. The number of nitrogens with zero attached hydrogens (tertiary/aromatic N) is 1. The minimum atomic E-state index is -4.99. The number of hydrogen-bond acceptors (Lipinski definition) is 10. The number of rotatable bonds is 22. The quantitative estimate of drug-likeness (QED) is 0.0408. The zero-order chi connectivity index (χ0) is 43.8. The van der Waals surface area contributed by atoms with Crippen LogP contribution in [0.3, 0.4) is 0 Å². The topological polar surface area (TPSA) is 132 Å². The third-order valence-corrected chi connectivity index (χ3v) is 9.54. The van der Waals surface area contributed by atoms with Crippen LogP contribution in [-0.4, -0.2) is 63.7 Å². The Balaban J connectivity index is 1.28. The van der Waals surface area contributed by atoms with E-state index < -0.39 is 41.1 Å².